The van der Waals surface area contributed by atoms with E-state index in [1.54, 1.807) is 49.2 Å². The molecule has 15 heteroatoms. The highest BCUT2D eigenvalue weighted by molar-refractivity contribution is 7.91. The molecule has 0 saturated carbocycles. The first-order chi connectivity index (χ1) is 24.8. The van der Waals surface area contributed by atoms with Crippen LogP contribution < -0.4 is 20.4 Å². The maximum absolute atomic E-state index is 14.7. The molecule has 5 aromatic rings. The minimum Gasteiger partial charge on any atom is -0.358 e. The summed E-state index contributed by atoms with van der Waals surface area (Å²) in [5, 5.41) is 5.08. The Morgan fingerprint density at radius 1 is 0.923 bits per heavy atom. The molecule has 0 radical (unpaired) electrons. The molecule has 0 bridgehead atoms. The minimum atomic E-state index is -3.23. The number of hydrogen-bond donors (Lipinski definition) is 2. The van der Waals surface area contributed by atoms with Crippen LogP contribution in [0.3, 0.4) is 0 Å². The summed E-state index contributed by atoms with van der Waals surface area (Å²) in [7, 11) is -1.57. The zero-order valence-electron chi connectivity index (χ0n) is 28.0. The van der Waals surface area contributed by atoms with Crippen LogP contribution in [0.1, 0.15) is 42.9 Å². The van der Waals surface area contributed by atoms with Crippen molar-refractivity contribution >= 4 is 61.8 Å². The van der Waals surface area contributed by atoms with Crippen LogP contribution in [-0.2, 0) is 16.3 Å². The number of rotatable bonds is 10. The second-order valence-corrected chi connectivity index (χ2v) is 15.5. The highest BCUT2D eigenvalue weighted by Gasteiger charge is 2.29. The number of halogens is 3. The predicted molar refractivity (Wildman–Crippen MR) is 196 cm³/mol. The first-order valence-corrected chi connectivity index (χ1v) is 18.8. The fraction of sp³-hybridized carbons (Fsp3) is 0.189. The third kappa shape index (κ3) is 7.70. The third-order valence-electron chi connectivity index (χ3n) is 8.54. The standard InChI is InChI=1S/C37H32F3N5O5S2/c1-3-52(49,50)19-18-44(2)34-27(6-5-16-41-34)35(46)42-25-12-9-22(10-13-25)37(48)45-17-15-23-20-31(36(47)43-32-28(39)7-4-8-29(32)40)51-33(23)26-14-11-24(38)21-30(26)45/h4-14,16,20-21H,3,15,17-19H2,1-2H3,(H,42,46)(H,43,47). The highest BCUT2D eigenvalue weighted by atomic mass is 32.2. The Morgan fingerprint density at radius 3 is 2.37 bits per heavy atom. The van der Waals surface area contributed by atoms with Gasteiger partial charge in [0.15, 0.2) is 9.84 Å². The van der Waals surface area contributed by atoms with Crippen molar-refractivity contribution in [3.8, 4) is 10.4 Å². The molecule has 0 saturated heterocycles. The van der Waals surface area contributed by atoms with E-state index in [4.69, 9.17) is 0 Å². The van der Waals surface area contributed by atoms with Gasteiger partial charge in [0.2, 0.25) is 0 Å². The van der Waals surface area contributed by atoms with Crippen LogP contribution in [0.15, 0.2) is 85.1 Å². The van der Waals surface area contributed by atoms with Crippen LogP contribution in [0, 0.1) is 17.5 Å². The summed E-state index contributed by atoms with van der Waals surface area (Å²) in [6.45, 7) is 1.86. The van der Waals surface area contributed by atoms with Crippen molar-refractivity contribution in [1.82, 2.24) is 4.98 Å². The first-order valence-electron chi connectivity index (χ1n) is 16.1. The molecule has 6 rings (SSSR count). The van der Waals surface area contributed by atoms with Crippen LogP contribution >= 0.6 is 11.3 Å². The van der Waals surface area contributed by atoms with Gasteiger partial charge in [-0.3, -0.25) is 14.4 Å². The number of carbonyl (C=O) groups excluding carboxylic acids is 3. The fourth-order valence-electron chi connectivity index (χ4n) is 5.69. The van der Waals surface area contributed by atoms with E-state index >= 15 is 0 Å². The van der Waals surface area contributed by atoms with Gasteiger partial charge in [0, 0.05) is 53.8 Å². The summed E-state index contributed by atoms with van der Waals surface area (Å²) in [5.74, 6) is -3.79. The number of aromatic nitrogens is 1. The molecule has 0 spiro atoms. The van der Waals surface area contributed by atoms with E-state index in [0.29, 0.717) is 33.9 Å². The Morgan fingerprint density at radius 2 is 1.65 bits per heavy atom. The maximum atomic E-state index is 14.7. The van der Waals surface area contributed by atoms with Crippen LogP contribution in [-0.4, -0.2) is 62.8 Å². The summed E-state index contributed by atoms with van der Waals surface area (Å²) in [4.78, 5) is 48.3. The molecule has 0 atom stereocenters. The molecule has 3 amide bonds. The smallest absolute Gasteiger partial charge is 0.265 e. The van der Waals surface area contributed by atoms with Gasteiger partial charge in [-0.15, -0.1) is 11.3 Å². The summed E-state index contributed by atoms with van der Waals surface area (Å²) in [6, 6.07) is 18.2. The lowest BCUT2D eigenvalue weighted by Crippen LogP contribution is -2.32. The van der Waals surface area contributed by atoms with Gasteiger partial charge in [-0.2, -0.15) is 0 Å². The molecular formula is C37H32F3N5O5S2. The topological polar surface area (TPSA) is 129 Å². The number of benzene rings is 3. The molecule has 3 aromatic carbocycles. The van der Waals surface area contributed by atoms with Gasteiger partial charge in [0.05, 0.1) is 21.9 Å². The number of pyridine rings is 1. The Bertz CT molecular complexity index is 2280. The summed E-state index contributed by atoms with van der Waals surface area (Å²) in [6.07, 6.45) is 1.81. The number of fused-ring (bicyclic) bond motifs is 3. The number of nitrogens with one attached hydrogen (secondary N) is 2. The lowest BCUT2D eigenvalue weighted by Gasteiger charge is -2.23. The van der Waals surface area contributed by atoms with Crippen molar-refractivity contribution in [2.75, 3.05) is 52.1 Å². The fourth-order valence-corrected chi connectivity index (χ4v) is 7.67. The number of amides is 3. The normalized spacial score (nSPS) is 12.4. The largest absolute Gasteiger partial charge is 0.358 e. The first kappa shape index (κ1) is 36.3. The van der Waals surface area contributed by atoms with E-state index in [2.05, 4.69) is 15.6 Å². The van der Waals surface area contributed by atoms with Crippen LogP contribution in [0.5, 0.6) is 0 Å². The second kappa shape index (κ2) is 15.0. The second-order valence-electron chi connectivity index (χ2n) is 11.9. The van der Waals surface area contributed by atoms with Gasteiger partial charge >= 0.3 is 0 Å². The van der Waals surface area contributed by atoms with Crippen molar-refractivity contribution in [1.29, 1.82) is 0 Å². The Labute approximate surface area is 301 Å². The molecule has 52 heavy (non-hydrogen) atoms. The Kier molecular flexibility index (Phi) is 10.4. The SMILES string of the molecule is CCS(=O)(=O)CCN(C)c1ncccc1C(=O)Nc1ccc(C(=O)N2CCc3cc(C(=O)Nc4c(F)cccc4F)sc3-c3ccc(F)cc32)cc1. The van der Waals surface area contributed by atoms with Gasteiger partial charge in [-0.05, 0) is 84.8 Å². The summed E-state index contributed by atoms with van der Waals surface area (Å²) in [5.41, 5.74) is 1.83. The van der Waals surface area contributed by atoms with E-state index in [1.807, 2.05) is 0 Å². The number of sulfone groups is 1. The molecule has 2 N–H and O–H groups in total. The number of thiophene rings is 1. The van der Waals surface area contributed by atoms with E-state index in [9.17, 15) is 36.0 Å². The summed E-state index contributed by atoms with van der Waals surface area (Å²) < 4.78 is 67.0. The number of hydrogen-bond acceptors (Lipinski definition) is 8. The number of anilines is 4. The van der Waals surface area contributed by atoms with Gasteiger partial charge < -0.3 is 20.4 Å². The minimum absolute atomic E-state index is 0.0101. The average Bonchev–Trinajstić information content (AvgIpc) is 3.50. The number of carbonyl (C=O) groups is 3. The van der Waals surface area contributed by atoms with Gasteiger partial charge in [0.1, 0.15) is 29.0 Å². The molecule has 0 fully saturated rings. The third-order valence-corrected chi connectivity index (χ3v) is 11.4. The predicted octanol–water partition coefficient (Wildman–Crippen LogP) is 6.81. The zero-order chi connectivity index (χ0) is 37.2. The molecule has 10 nitrogen and oxygen atoms in total. The van der Waals surface area contributed by atoms with Crippen molar-refractivity contribution in [2.24, 2.45) is 0 Å². The molecule has 2 aromatic heterocycles. The van der Waals surface area contributed by atoms with E-state index < -0.39 is 50.7 Å². The van der Waals surface area contributed by atoms with Crippen LogP contribution in [0.2, 0.25) is 0 Å². The molecule has 3 heterocycles. The molecular weight excluding hydrogens is 716 g/mol. The van der Waals surface area contributed by atoms with E-state index in [1.165, 1.54) is 47.5 Å². The molecule has 1 aliphatic heterocycles. The Hall–Kier alpha value is -5.54. The zero-order valence-corrected chi connectivity index (χ0v) is 29.6. The molecule has 0 aliphatic carbocycles. The summed E-state index contributed by atoms with van der Waals surface area (Å²) >= 11 is 1.07. The number of nitrogens with zero attached hydrogens (tertiary/aromatic N) is 3. The van der Waals surface area contributed by atoms with Gasteiger partial charge in [0.25, 0.3) is 17.7 Å². The van der Waals surface area contributed by atoms with E-state index in [-0.39, 0.29) is 46.3 Å². The molecule has 0 unspecified atom stereocenters. The van der Waals surface area contributed by atoms with Crippen molar-refractivity contribution < 1.29 is 36.0 Å². The van der Waals surface area contributed by atoms with Crippen molar-refractivity contribution in [3.05, 3.63) is 124 Å². The lowest BCUT2D eigenvalue weighted by molar-refractivity contribution is 0.0985. The van der Waals surface area contributed by atoms with Crippen LogP contribution in [0.25, 0.3) is 10.4 Å². The van der Waals surface area contributed by atoms with Crippen molar-refractivity contribution in [2.45, 2.75) is 13.3 Å². The monoisotopic (exact) mass is 747 g/mol. The maximum Gasteiger partial charge on any atom is 0.265 e. The van der Waals surface area contributed by atoms with Gasteiger partial charge in [-0.1, -0.05) is 13.0 Å². The molecule has 1 aliphatic rings. The van der Waals surface area contributed by atoms with Gasteiger partial charge in [-0.25, -0.2) is 26.6 Å². The highest BCUT2D eigenvalue weighted by Crippen LogP contribution is 2.42. The quantitative estimate of drug-likeness (QED) is 0.161. The number of para-hydroxylation sites is 1. The molecule has 268 valence electrons. The Balaban J connectivity index is 1.19. The van der Waals surface area contributed by atoms with Crippen molar-refractivity contribution in [3.63, 3.8) is 0 Å². The average molecular weight is 748 g/mol. The van der Waals surface area contributed by atoms with E-state index in [0.717, 1.165) is 23.5 Å². The lowest BCUT2D eigenvalue weighted by atomic mass is 10.1. The van der Waals surface area contributed by atoms with Crippen LogP contribution in [0.4, 0.5) is 36.1 Å².